The van der Waals surface area contributed by atoms with Crippen molar-refractivity contribution >= 4 is 72.7 Å². The smallest absolute Gasteiger partial charge is 0.158 e. The maximum absolute atomic E-state index is 6.29. The van der Waals surface area contributed by atoms with Crippen molar-refractivity contribution in [2.45, 2.75) is 24.2 Å². The SMILES string of the molecule is Cc1ccc2c(n1)oc1c(-c3cc[c]([Ge]([CH3])([CH3])[CH3])cn3)[c-]ccc12.[Ir].[c-]1ccccc1-c1nc2ccccc2n1-c1cccc2c1oc1ccccc12. The van der Waals surface area contributed by atoms with E-state index in [1.54, 1.807) is 0 Å². The van der Waals surface area contributed by atoms with E-state index in [4.69, 9.17) is 13.8 Å². The number of aromatic nitrogens is 4. The zero-order valence-corrected chi connectivity index (χ0v) is 34.1. The van der Waals surface area contributed by atoms with Gasteiger partial charge in [0.1, 0.15) is 5.58 Å². The Kier molecular flexibility index (Phi) is 9.11. The Morgan fingerprint density at radius 1 is 0.642 bits per heavy atom. The molecule has 1 radical (unpaired) electrons. The van der Waals surface area contributed by atoms with E-state index in [1.807, 2.05) is 92.0 Å². The van der Waals surface area contributed by atoms with E-state index in [0.29, 0.717) is 5.71 Å². The monoisotopic (exact) mass is 929 g/mol. The summed E-state index contributed by atoms with van der Waals surface area (Å²) in [5, 5.41) is 4.32. The second kappa shape index (κ2) is 13.9. The topological polar surface area (TPSA) is 69.9 Å². The molecule has 0 aliphatic heterocycles. The summed E-state index contributed by atoms with van der Waals surface area (Å²) in [5.74, 6) is 7.97. The van der Waals surface area contributed by atoms with Gasteiger partial charge in [-0.1, -0.05) is 42.5 Å². The number of aryl methyl sites for hydroxylation is 1. The first-order valence-electron chi connectivity index (χ1n) is 17.4. The Labute approximate surface area is 323 Å². The van der Waals surface area contributed by atoms with Gasteiger partial charge in [-0.25, -0.2) is 0 Å². The largest absolute Gasteiger partial charge is 0.454 e. The molecule has 0 fully saturated rings. The molecule has 0 bridgehead atoms. The molecule has 0 saturated heterocycles. The van der Waals surface area contributed by atoms with Gasteiger partial charge in [-0.3, -0.25) is 4.98 Å². The maximum atomic E-state index is 6.29. The molecular weight excluding hydrogens is 893 g/mol. The molecule has 261 valence electrons. The van der Waals surface area contributed by atoms with Gasteiger partial charge in [0.15, 0.2) is 5.58 Å². The van der Waals surface area contributed by atoms with Crippen molar-refractivity contribution in [2.24, 2.45) is 0 Å². The Morgan fingerprint density at radius 3 is 2.25 bits per heavy atom. The van der Waals surface area contributed by atoms with E-state index in [0.717, 1.165) is 83.4 Å². The summed E-state index contributed by atoms with van der Waals surface area (Å²) >= 11 is -1.85. The molecule has 0 atom stereocenters. The molecule has 0 N–H and O–H groups in total. The van der Waals surface area contributed by atoms with Crippen LogP contribution in [0.25, 0.3) is 83.4 Å². The first kappa shape index (κ1) is 34.7. The summed E-state index contributed by atoms with van der Waals surface area (Å²) in [6.07, 6.45) is 2.02. The van der Waals surface area contributed by atoms with Crippen molar-refractivity contribution in [3.63, 3.8) is 0 Å². The van der Waals surface area contributed by atoms with Gasteiger partial charge in [0.25, 0.3) is 0 Å². The van der Waals surface area contributed by atoms with Crippen LogP contribution < -0.4 is 4.40 Å². The molecule has 6 nitrogen and oxygen atoms in total. The molecule has 0 aliphatic carbocycles. The predicted molar refractivity (Wildman–Crippen MR) is 214 cm³/mol. The van der Waals surface area contributed by atoms with Gasteiger partial charge in [-0.2, -0.15) is 0 Å². The molecule has 0 aliphatic rings. The molecule has 0 unspecified atom stereocenters. The van der Waals surface area contributed by atoms with Crippen molar-refractivity contribution in [3.05, 3.63) is 151 Å². The van der Waals surface area contributed by atoms with Gasteiger partial charge >= 0.3 is 144 Å². The van der Waals surface area contributed by atoms with Crippen molar-refractivity contribution in [1.29, 1.82) is 0 Å². The number of nitrogens with zero attached hydrogens (tertiary/aromatic N) is 4. The summed E-state index contributed by atoms with van der Waals surface area (Å²) in [6, 6.07) is 49.5. The van der Waals surface area contributed by atoms with E-state index in [1.165, 1.54) is 4.40 Å². The van der Waals surface area contributed by atoms with Crippen LogP contribution in [0, 0.1) is 19.1 Å². The van der Waals surface area contributed by atoms with Crippen molar-refractivity contribution in [1.82, 2.24) is 19.5 Å². The average Bonchev–Trinajstić information content (AvgIpc) is 3.86. The summed E-state index contributed by atoms with van der Waals surface area (Å²) in [5.41, 5.74) is 9.91. The van der Waals surface area contributed by atoms with Crippen LogP contribution in [0.3, 0.4) is 0 Å². The summed E-state index contributed by atoms with van der Waals surface area (Å²) in [7, 11) is 0. The maximum Gasteiger partial charge on any atom is 0.158 e. The zero-order chi connectivity index (χ0) is 35.4. The van der Waals surface area contributed by atoms with Crippen LogP contribution in [0.2, 0.25) is 17.3 Å². The minimum Gasteiger partial charge on any atom is -0.454 e. The summed E-state index contributed by atoms with van der Waals surface area (Å²) < 4.78 is 15.9. The number of hydrogen-bond donors (Lipinski definition) is 0. The van der Waals surface area contributed by atoms with Crippen LogP contribution in [0.15, 0.2) is 142 Å². The number of rotatable bonds is 4. The van der Waals surface area contributed by atoms with Crippen LogP contribution in [-0.2, 0) is 20.1 Å². The number of furan rings is 2. The second-order valence-corrected chi connectivity index (χ2v) is 24.6. The first-order chi connectivity index (χ1) is 25.3. The molecule has 5 aromatic carbocycles. The molecule has 0 saturated carbocycles. The number of benzene rings is 5. The minimum absolute atomic E-state index is 0. The fourth-order valence-corrected chi connectivity index (χ4v) is 8.95. The minimum atomic E-state index is -1.85. The Hall–Kier alpha value is -5.34. The van der Waals surface area contributed by atoms with Gasteiger partial charge in [0.05, 0.1) is 22.5 Å². The Morgan fingerprint density at radius 2 is 1.43 bits per heavy atom. The summed E-state index contributed by atoms with van der Waals surface area (Å²) in [4.78, 5) is 14.1. The number of hydrogen-bond acceptors (Lipinski definition) is 5. The van der Waals surface area contributed by atoms with Crippen molar-refractivity contribution < 1.29 is 28.9 Å². The second-order valence-electron chi connectivity index (χ2n) is 14.0. The predicted octanol–water partition coefficient (Wildman–Crippen LogP) is 11.1. The normalized spacial score (nSPS) is 11.6. The van der Waals surface area contributed by atoms with Gasteiger partial charge in [-0.05, 0) is 24.3 Å². The third-order valence-corrected chi connectivity index (χ3v) is 13.7. The third kappa shape index (κ3) is 6.29. The third-order valence-electron chi connectivity index (χ3n) is 9.46. The molecule has 10 rings (SSSR count). The molecule has 5 heterocycles. The van der Waals surface area contributed by atoms with Crippen LogP contribution in [-0.4, -0.2) is 32.8 Å². The molecule has 8 heteroatoms. The number of fused-ring (bicyclic) bond motifs is 7. The molecule has 53 heavy (non-hydrogen) atoms. The Balaban J connectivity index is 0.000000150. The number of imidazole rings is 1. The standard InChI is InChI=1S/C25H15N2O.C20H19GeN2O.Ir/c1-2-9-17(10-3-1)25-26-20-13-5-6-14-21(20)27(25)22-15-8-12-19-18-11-4-7-16-23(18)28-24(19)22;1-13-8-10-16-15-6-5-7-17(19(15)24-20(16)23-13)18-11-9-14(12-22-18)21(2,3)4;/h1-9,11-16H;5-6,8-12H,1-4H3;/q2*-1;. The van der Waals surface area contributed by atoms with Gasteiger partial charge in [0, 0.05) is 30.9 Å². The molecule has 0 amide bonds. The van der Waals surface area contributed by atoms with E-state index in [-0.39, 0.29) is 20.1 Å². The Bertz CT molecular complexity index is 2900. The fourth-order valence-electron chi connectivity index (χ4n) is 6.78. The van der Waals surface area contributed by atoms with Crippen molar-refractivity contribution in [3.8, 4) is 28.3 Å². The molecular formula is C45H34GeIrN4O2-2. The molecule has 10 aromatic rings. The number of pyridine rings is 2. The van der Waals surface area contributed by atoms with E-state index in [2.05, 4.69) is 92.5 Å². The van der Waals surface area contributed by atoms with Crippen molar-refractivity contribution in [2.75, 3.05) is 0 Å². The molecule has 0 spiro atoms. The fraction of sp³-hybridized carbons (Fsp3) is 0.0889. The van der Waals surface area contributed by atoms with Gasteiger partial charge in [0.2, 0.25) is 0 Å². The van der Waals surface area contributed by atoms with Crippen LogP contribution in [0.1, 0.15) is 5.69 Å². The van der Waals surface area contributed by atoms with Crippen LogP contribution >= 0.6 is 0 Å². The van der Waals surface area contributed by atoms with Crippen LogP contribution in [0.5, 0.6) is 0 Å². The van der Waals surface area contributed by atoms with Gasteiger partial charge in [-0.15, -0.1) is 35.9 Å². The molecule has 5 aromatic heterocycles. The van der Waals surface area contributed by atoms with E-state index < -0.39 is 13.3 Å². The van der Waals surface area contributed by atoms with E-state index >= 15 is 0 Å². The van der Waals surface area contributed by atoms with E-state index in [9.17, 15) is 0 Å². The van der Waals surface area contributed by atoms with Gasteiger partial charge < -0.3 is 8.98 Å². The number of para-hydroxylation sites is 4. The average molecular weight is 928 g/mol. The van der Waals surface area contributed by atoms with Crippen LogP contribution in [0.4, 0.5) is 0 Å². The zero-order valence-electron chi connectivity index (χ0n) is 29.6. The quantitative estimate of drug-likeness (QED) is 0.130. The first-order valence-corrected chi connectivity index (χ1v) is 24.7. The summed E-state index contributed by atoms with van der Waals surface area (Å²) in [6.45, 7) is 1.97.